The number of aldehydes is 1. The molecule has 2 aliphatic rings. The van der Waals surface area contributed by atoms with E-state index in [2.05, 4.69) is 10.3 Å². The van der Waals surface area contributed by atoms with Gasteiger partial charge >= 0.3 is 6.09 Å². The zero-order valence-corrected chi connectivity index (χ0v) is 21.3. The molecule has 2 aliphatic heterocycles. The number of cyclic esters (lactones) is 1. The summed E-state index contributed by atoms with van der Waals surface area (Å²) in [7, 11) is 1.78. The van der Waals surface area contributed by atoms with Gasteiger partial charge in [-0.2, -0.15) is 0 Å². The Morgan fingerprint density at radius 2 is 1.97 bits per heavy atom. The Labute approximate surface area is 208 Å². The molecule has 3 heterocycles. The van der Waals surface area contributed by atoms with Crippen LogP contribution in [0.3, 0.4) is 0 Å². The van der Waals surface area contributed by atoms with Gasteiger partial charge in [0.1, 0.15) is 23.9 Å². The molecule has 2 fully saturated rings. The lowest BCUT2D eigenvalue weighted by molar-refractivity contribution is -0.106. The van der Waals surface area contributed by atoms with Crippen molar-refractivity contribution in [2.45, 2.75) is 26.9 Å². The number of nitrogen functional groups attached to an aromatic ring is 1. The number of anilines is 3. The molecular weight excluding hydrogens is 475 g/mol. The number of amides is 2. The zero-order chi connectivity index (χ0) is 26.0. The lowest BCUT2D eigenvalue weighted by Gasteiger charge is -2.36. The molecule has 2 saturated heterocycles. The minimum absolute atomic E-state index is 0.165. The third-order valence-electron chi connectivity index (χ3n) is 5.20. The van der Waals surface area contributed by atoms with E-state index in [0.717, 1.165) is 6.29 Å². The molecule has 0 saturated carbocycles. The Hall–Kier alpha value is -3.25. The van der Waals surface area contributed by atoms with E-state index in [1.807, 2.05) is 18.7 Å². The number of nitrogens with two attached hydrogens (primary N) is 1. The number of carbonyl (C=O) groups excluding carboxylic acids is 3. The Morgan fingerprint density at radius 3 is 2.51 bits per heavy atom. The van der Waals surface area contributed by atoms with Crippen LogP contribution in [0.1, 0.15) is 31.3 Å². The molecule has 2 amide bonds. The van der Waals surface area contributed by atoms with Crippen LogP contribution in [-0.2, 0) is 9.53 Å². The molecule has 0 radical (unpaired) electrons. The Bertz CT molecular complexity index is 996. The first-order chi connectivity index (χ1) is 16.9. The summed E-state index contributed by atoms with van der Waals surface area (Å²) in [6, 6.07) is 4.74. The summed E-state index contributed by atoms with van der Waals surface area (Å²) in [6.07, 6.45) is 0.0149. The number of ether oxygens (including phenoxy) is 1. The average Bonchev–Trinajstić information content (AvgIpc) is 3.46. The van der Waals surface area contributed by atoms with Crippen molar-refractivity contribution in [2.24, 2.45) is 0 Å². The summed E-state index contributed by atoms with van der Waals surface area (Å²) < 4.78 is 20.1. The summed E-state index contributed by atoms with van der Waals surface area (Å²) in [5.41, 5.74) is 6.86. The van der Waals surface area contributed by atoms with Gasteiger partial charge in [-0.15, -0.1) is 11.3 Å². The second-order valence-electron chi connectivity index (χ2n) is 7.40. The molecule has 35 heavy (non-hydrogen) atoms. The van der Waals surface area contributed by atoms with Crippen molar-refractivity contribution >= 4 is 46.1 Å². The van der Waals surface area contributed by atoms with Crippen LogP contribution < -0.4 is 20.9 Å². The van der Waals surface area contributed by atoms with Gasteiger partial charge < -0.3 is 30.4 Å². The summed E-state index contributed by atoms with van der Waals surface area (Å²) in [4.78, 5) is 42.4. The van der Waals surface area contributed by atoms with Crippen LogP contribution in [-0.4, -0.2) is 80.6 Å². The van der Waals surface area contributed by atoms with Gasteiger partial charge in [-0.3, -0.25) is 9.69 Å². The van der Waals surface area contributed by atoms with E-state index in [1.165, 1.54) is 29.2 Å². The predicted molar refractivity (Wildman–Crippen MR) is 136 cm³/mol. The van der Waals surface area contributed by atoms with Gasteiger partial charge in [-0.25, -0.2) is 14.2 Å². The monoisotopic (exact) mass is 508 g/mol. The molecule has 0 spiro atoms. The maximum atomic E-state index is 14.8. The van der Waals surface area contributed by atoms with E-state index >= 15 is 0 Å². The molecule has 192 valence electrons. The fraction of sp³-hybridized carbons (Fsp3) is 0.478. The summed E-state index contributed by atoms with van der Waals surface area (Å²) in [5, 5.41) is 4.97. The van der Waals surface area contributed by atoms with Gasteiger partial charge in [-0.05, 0) is 32.2 Å². The third kappa shape index (κ3) is 7.12. The van der Waals surface area contributed by atoms with E-state index in [1.54, 1.807) is 29.5 Å². The standard InChI is InChI=1S/C19H23FN6O3S.C2H4O.C2H6/c1-22-9-13-10-26(19(28)29-13)12-2-3-16(14(20)8-12)24-4-6-25(7-5-24)17(27)15-11-30-18(21)23-15;1-2-3;1-2/h2-3,8,11,13,22H,4-7,9-10H2,1H3,(H2,21,23);2H,1H3;1-2H3. The van der Waals surface area contributed by atoms with Crippen molar-refractivity contribution in [3.63, 3.8) is 0 Å². The molecule has 0 aliphatic carbocycles. The molecule has 1 aromatic carbocycles. The number of aromatic nitrogens is 1. The maximum Gasteiger partial charge on any atom is 0.414 e. The number of hydrogen-bond acceptors (Lipinski definition) is 9. The topological polar surface area (TPSA) is 121 Å². The number of hydrogen-bond donors (Lipinski definition) is 2. The van der Waals surface area contributed by atoms with Crippen LogP contribution in [0.25, 0.3) is 0 Å². The first kappa shape index (κ1) is 28.0. The van der Waals surface area contributed by atoms with E-state index < -0.39 is 11.9 Å². The minimum Gasteiger partial charge on any atom is -0.443 e. The van der Waals surface area contributed by atoms with E-state index in [9.17, 15) is 14.0 Å². The average molecular weight is 509 g/mol. The predicted octanol–water partition coefficient (Wildman–Crippen LogP) is 2.60. The molecule has 3 N–H and O–H groups in total. The quantitative estimate of drug-likeness (QED) is 0.592. The number of nitrogens with one attached hydrogen (secondary N) is 1. The number of likely N-dealkylation sites (N-methyl/N-ethyl adjacent to an activating group) is 1. The molecule has 1 atom stereocenters. The number of rotatable bonds is 5. The fourth-order valence-corrected chi connectivity index (χ4v) is 4.22. The van der Waals surface area contributed by atoms with Gasteiger partial charge in [0.2, 0.25) is 0 Å². The minimum atomic E-state index is -0.475. The van der Waals surface area contributed by atoms with E-state index in [-0.39, 0.29) is 12.0 Å². The van der Waals surface area contributed by atoms with Crippen molar-refractivity contribution in [2.75, 3.05) is 61.8 Å². The Balaban J connectivity index is 0.000000803. The second kappa shape index (κ2) is 13.6. The van der Waals surface area contributed by atoms with Crippen molar-refractivity contribution < 1.29 is 23.5 Å². The lowest BCUT2D eigenvalue weighted by Crippen LogP contribution is -2.49. The van der Waals surface area contributed by atoms with Crippen LogP contribution in [0, 0.1) is 5.82 Å². The van der Waals surface area contributed by atoms with Gasteiger partial charge in [0.25, 0.3) is 5.91 Å². The zero-order valence-electron chi connectivity index (χ0n) is 20.5. The van der Waals surface area contributed by atoms with Gasteiger partial charge in [0, 0.05) is 38.1 Å². The molecule has 10 nitrogen and oxygen atoms in total. The number of benzene rings is 1. The smallest absolute Gasteiger partial charge is 0.414 e. The Kier molecular flexibility index (Phi) is 10.9. The highest BCUT2D eigenvalue weighted by atomic mass is 32.1. The number of nitrogens with zero attached hydrogens (tertiary/aromatic N) is 4. The number of piperazine rings is 1. The van der Waals surface area contributed by atoms with Crippen molar-refractivity contribution in [3.8, 4) is 0 Å². The van der Waals surface area contributed by atoms with Gasteiger partial charge in [0.05, 0.1) is 17.9 Å². The second-order valence-corrected chi connectivity index (χ2v) is 8.29. The lowest BCUT2D eigenvalue weighted by atomic mass is 10.2. The fourth-order valence-electron chi connectivity index (χ4n) is 3.68. The number of carbonyl (C=O) groups is 3. The number of thiazole rings is 1. The maximum absolute atomic E-state index is 14.8. The highest BCUT2D eigenvalue weighted by Gasteiger charge is 2.32. The summed E-state index contributed by atoms with van der Waals surface area (Å²) in [6.45, 7) is 8.28. The van der Waals surface area contributed by atoms with Gasteiger partial charge in [-0.1, -0.05) is 13.8 Å². The molecule has 1 aromatic heterocycles. The van der Waals surface area contributed by atoms with Crippen LogP contribution in [0.5, 0.6) is 0 Å². The Morgan fingerprint density at radius 1 is 1.31 bits per heavy atom. The molecule has 4 rings (SSSR count). The van der Waals surface area contributed by atoms with Crippen LogP contribution in [0.2, 0.25) is 0 Å². The van der Waals surface area contributed by atoms with Crippen molar-refractivity contribution in [1.29, 1.82) is 0 Å². The SMILES string of the molecule is CC.CC=O.CNCC1CN(c2ccc(N3CCN(C(=O)c4csc(N)n4)CC3)c(F)c2)C(=O)O1. The molecule has 12 heteroatoms. The molecule has 1 unspecified atom stereocenters. The largest absolute Gasteiger partial charge is 0.443 e. The first-order valence-electron chi connectivity index (χ1n) is 11.4. The summed E-state index contributed by atoms with van der Waals surface area (Å²) >= 11 is 1.23. The van der Waals surface area contributed by atoms with Crippen LogP contribution >= 0.6 is 11.3 Å². The normalized spacial score (nSPS) is 17.1. The first-order valence-corrected chi connectivity index (χ1v) is 12.3. The molecule has 0 bridgehead atoms. The summed E-state index contributed by atoms with van der Waals surface area (Å²) in [5.74, 6) is -0.577. The van der Waals surface area contributed by atoms with E-state index in [4.69, 9.17) is 15.3 Å². The van der Waals surface area contributed by atoms with Crippen LogP contribution in [0.4, 0.5) is 25.7 Å². The van der Waals surface area contributed by atoms with Crippen molar-refractivity contribution in [3.05, 3.63) is 35.1 Å². The van der Waals surface area contributed by atoms with Crippen molar-refractivity contribution in [1.82, 2.24) is 15.2 Å². The third-order valence-corrected chi connectivity index (χ3v) is 5.87. The highest BCUT2D eigenvalue weighted by Crippen LogP contribution is 2.28. The van der Waals surface area contributed by atoms with Crippen LogP contribution in [0.15, 0.2) is 23.6 Å². The van der Waals surface area contributed by atoms with E-state index in [0.29, 0.717) is 61.5 Å². The molecule has 2 aromatic rings. The number of halogens is 1. The van der Waals surface area contributed by atoms with Gasteiger partial charge in [0.15, 0.2) is 5.13 Å². The molecular formula is C23H33FN6O4S. The highest BCUT2D eigenvalue weighted by molar-refractivity contribution is 7.13.